The highest BCUT2D eigenvalue weighted by molar-refractivity contribution is 7.84. The molecule has 11 nitrogen and oxygen atoms in total. The lowest BCUT2D eigenvalue weighted by atomic mass is 10.1. The molecule has 0 spiro atoms. The first-order chi connectivity index (χ1) is 16.4. The second-order valence-corrected chi connectivity index (χ2v) is 8.96. The SMILES string of the molecule is CC(F)(F)C(F)(F)CF.NC(N)=NCCCC(C=O)NC(=O)CN1CCCCC(NS(=O)(=O)F)C1=O. The Morgan fingerprint density at radius 1 is 1.28 bits per heavy atom. The van der Waals surface area contributed by atoms with Gasteiger partial charge in [0, 0.05) is 20.0 Å². The van der Waals surface area contributed by atoms with Crippen molar-refractivity contribution in [2.75, 3.05) is 26.3 Å². The van der Waals surface area contributed by atoms with Gasteiger partial charge in [-0.3, -0.25) is 14.6 Å². The van der Waals surface area contributed by atoms with E-state index in [1.165, 1.54) is 0 Å². The van der Waals surface area contributed by atoms with E-state index in [0.29, 0.717) is 38.5 Å². The average Bonchev–Trinajstić information content (AvgIpc) is 2.90. The summed E-state index contributed by atoms with van der Waals surface area (Å²) >= 11 is 0. The van der Waals surface area contributed by atoms with Gasteiger partial charge >= 0.3 is 22.3 Å². The van der Waals surface area contributed by atoms with Crippen LogP contribution in [0.2, 0.25) is 0 Å². The lowest BCUT2D eigenvalue weighted by Crippen LogP contribution is -2.50. The number of amides is 2. The van der Waals surface area contributed by atoms with Crippen molar-refractivity contribution in [1.29, 1.82) is 0 Å². The van der Waals surface area contributed by atoms with Gasteiger partial charge < -0.3 is 26.5 Å². The van der Waals surface area contributed by atoms with Crippen molar-refractivity contribution in [3.05, 3.63) is 0 Å². The van der Waals surface area contributed by atoms with Crippen LogP contribution in [-0.4, -0.2) is 87.6 Å². The summed E-state index contributed by atoms with van der Waals surface area (Å²) in [7, 11) is -5.04. The molecule has 6 N–H and O–H groups in total. The third-order valence-corrected chi connectivity index (χ3v) is 5.25. The second-order valence-electron chi connectivity index (χ2n) is 7.85. The summed E-state index contributed by atoms with van der Waals surface area (Å²) in [6, 6.07) is -2.02. The van der Waals surface area contributed by atoms with Crippen LogP contribution >= 0.6 is 0 Å². The van der Waals surface area contributed by atoms with E-state index < -0.39 is 52.8 Å². The molecule has 0 bridgehead atoms. The van der Waals surface area contributed by atoms with E-state index >= 15 is 0 Å². The number of carbonyl (C=O) groups is 3. The third kappa shape index (κ3) is 13.5. The maximum Gasteiger partial charge on any atom is 0.372 e. The van der Waals surface area contributed by atoms with Crippen LogP contribution in [0.15, 0.2) is 4.99 Å². The minimum atomic E-state index is -5.04. The number of aliphatic imine (C=N–C) groups is 1. The number of carbonyl (C=O) groups excluding carboxylic acids is 3. The first kappa shape index (κ1) is 33.4. The predicted octanol–water partition coefficient (Wildman–Crippen LogP) is 0.155. The summed E-state index contributed by atoms with van der Waals surface area (Å²) in [4.78, 5) is 40.5. The largest absolute Gasteiger partial charge is 0.372 e. The van der Waals surface area contributed by atoms with Gasteiger partial charge in [0.25, 0.3) is 0 Å². The molecule has 18 heteroatoms. The zero-order valence-electron chi connectivity index (χ0n) is 19.4. The van der Waals surface area contributed by atoms with Gasteiger partial charge in [0.1, 0.15) is 12.3 Å². The first-order valence-electron chi connectivity index (χ1n) is 10.6. The highest BCUT2D eigenvalue weighted by Crippen LogP contribution is 2.33. The number of likely N-dealkylation sites (tertiary alicyclic amines) is 1. The number of guanidine groups is 1. The van der Waals surface area contributed by atoms with Gasteiger partial charge in [0.2, 0.25) is 11.8 Å². The van der Waals surface area contributed by atoms with E-state index in [1.807, 2.05) is 0 Å². The van der Waals surface area contributed by atoms with Crippen LogP contribution in [0.4, 0.5) is 25.8 Å². The van der Waals surface area contributed by atoms with Crippen molar-refractivity contribution < 1.29 is 48.6 Å². The number of hydrogen-bond acceptors (Lipinski definition) is 6. The van der Waals surface area contributed by atoms with Crippen LogP contribution in [-0.2, 0) is 24.8 Å². The fraction of sp³-hybridized carbons (Fsp3) is 0.778. The van der Waals surface area contributed by atoms with Crippen LogP contribution in [0, 0.1) is 0 Å². The smallest absolute Gasteiger partial charge is 0.370 e. The van der Waals surface area contributed by atoms with E-state index in [9.17, 15) is 48.6 Å². The monoisotopic (exact) mass is 556 g/mol. The van der Waals surface area contributed by atoms with Gasteiger partial charge in [-0.15, -0.1) is 0 Å². The Bertz CT molecular complexity index is 867. The number of hydrogen-bond donors (Lipinski definition) is 4. The van der Waals surface area contributed by atoms with Crippen LogP contribution in [0.3, 0.4) is 0 Å². The molecule has 0 aromatic rings. The van der Waals surface area contributed by atoms with Gasteiger partial charge in [-0.25, -0.2) is 13.2 Å². The molecule has 2 unspecified atom stereocenters. The molecule has 1 aliphatic rings. The molecule has 0 aromatic carbocycles. The predicted molar refractivity (Wildman–Crippen MR) is 117 cm³/mol. The Morgan fingerprint density at radius 2 is 1.89 bits per heavy atom. The topological polar surface area (TPSA) is 177 Å². The molecule has 0 aliphatic carbocycles. The van der Waals surface area contributed by atoms with Crippen molar-refractivity contribution >= 4 is 34.5 Å². The number of halogens is 6. The van der Waals surface area contributed by atoms with Gasteiger partial charge in [-0.05, 0) is 32.1 Å². The quantitative estimate of drug-likeness (QED) is 0.0660. The minimum absolute atomic E-state index is 0.0213. The molecule has 0 radical (unpaired) electrons. The van der Waals surface area contributed by atoms with Crippen molar-refractivity contribution in [2.45, 2.75) is 63.0 Å². The van der Waals surface area contributed by atoms with Crippen molar-refractivity contribution in [3.8, 4) is 0 Å². The Morgan fingerprint density at radius 3 is 2.33 bits per heavy atom. The van der Waals surface area contributed by atoms with E-state index in [1.54, 1.807) is 4.72 Å². The second kappa shape index (κ2) is 14.8. The van der Waals surface area contributed by atoms with E-state index in [4.69, 9.17) is 11.5 Å². The molecule has 2 amide bonds. The first-order valence-corrected chi connectivity index (χ1v) is 11.9. The Labute approximate surface area is 204 Å². The van der Waals surface area contributed by atoms with Crippen LogP contribution < -0.4 is 21.5 Å². The minimum Gasteiger partial charge on any atom is -0.370 e. The molecule has 2 atom stereocenters. The van der Waals surface area contributed by atoms with E-state index in [0.717, 1.165) is 4.90 Å². The van der Waals surface area contributed by atoms with Gasteiger partial charge in [0.05, 0.1) is 12.6 Å². The number of rotatable bonds is 12. The standard InChI is InChI=1S/C14H25FN6O5S.C4H5F5/c15-27(25,26)20-11-5-1-2-7-21(13(11)24)8-12(23)19-10(9-22)4-3-6-18-14(16)17;1-3(6,7)4(8,9)2-5/h9-11,20H,1-8H2,(H,19,23)(H4,16,17,18);2H2,1H3. The molecular weight excluding hydrogens is 526 g/mol. The molecular formula is C18H30F6N6O5S. The Kier molecular flexibility index (Phi) is 13.7. The van der Waals surface area contributed by atoms with E-state index in [2.05, 4.69) is 10.3 Å². The number of aldehydes is 1. The lowest BCUT2D eigenvalue weighted by Gasteiger charge is -2.24. The lowest BCUT2D eigenvalue weighted by molar-refractivity contribution is -0.204. The molecule has 1 saturated heterocycles. The van der Waals surface area contributed by atoms with Crippen molar-refractivity contribution in [1.82, 2.24) is 14.9 Å². The summed E-state index contributed by atoms with van der Waals surface area (Å²) in [6.07, 6.45) is 2.52. The highest BCUT2D eigenvalue weighted by Gasteiger charge is 2.52. The summed E-state index contributed by atoms with van der Waals surface area (Å²) < 4.78 is 93.1. The maximum absolute atomic E-state index is 12.8. The molecule has 36 heavy (non-hydrogen) atoms. The average molecular weight is 557 g/mol. The Balaban J connectivity index is 0.00000115. The van der Waals surface area contributed by atoms with Crippen molar-refractivity contribution in [2.24, 2.45) is 16.5 Å². The number of alkyl halides is 5. The molecule has 0 aromatic heterocycles. The number of nitrogens with one attached hydrogen (secondary N) is 2. The third-order valence-electron chi connectivity index (χ3n) is 4.69. The fourth-order valence-corrected chi connectivity index (χ4v) is 3.34. The molecule has 1 aliphatic heterocycles. The maximum atomic E-state index is 12.8. The molecule has 0 saturated carbocycles. The Hall–Kier alpha value is -2.63. The summed E-state index contributed by atoms with van der Waals surface area (Å²) in [5, 5.41) is 2.48. The molecule has 1 heterocycles. The number of nitrogens with two attached hydrogens (primary N) is 2. The highest BCUT2D eigenvalue weighted by atomic mass is 32.3. The zero-order chi connectivity index (χ0) is 28.2. The summed E-state index contributed by atoms with van der Waals surface area (Å²) in [5.41, 5.74) is 10.4. The van der Waals surface area contributed by atoms with Gasteiger partial charge in [0.15, 0.2) is 12.6 Å². The zero-order valence-corrected chi connectivity index (χ0v) is 20.2. The van der Waals surface area contributed by atoms with Crippen LogP contribution in [0.25, 0.3) is 0 Å². The summed E-state index contributed by atoms with van der Waals surface area (Å²) in [6.45, 7) is -2.17. The normalized spacial score (nSPS) is 17.8. The molecule has 1 rings (SSSR count). The van der Waals surface area contributed by atoms with Gasteiger partial charge in [-0.1, -0.05) is 3.89 Å². The summed E-state index contributed by atoms with van der Waals surface area (Å²) in [5.74, 6) is -10.1. The van der Waals surface area contributed by atoms with Crippen molar-refractivity contribution in [3.63, 3.8) is 0 Å². The fourth-order valence-electron chi connectivity index (χ4n) is 2.78. The van der Waals surface area contributed by atoms with Gasteiger partial charge in [-0.2, -0.15) is 21.9 Å². The molecule has 210 valence electrons. The van der Waals surface area contributed by atoms with Crippen LogP contribution in [0.5, 0.6) is 0 Å². The van der Waals surface area contributed by atoms with E-state index in [-0.39, 0.29) is 32.4 Å². The number of nitrogens with zero attached hydrogens (tertiary/aromatic N) is 2. The van der Waals surface area contributed by atoms with Crippen LogP contribution in [0.1, 0.15) is 39.0 Å². The molecule has 1 fully saturated rings.